The SMILES string of the molecule is C=C(CC)NCCCCCCCN. The van der Waals surface area contributed by atoms with Gasteiger partial charge in [-0.15, -0.1) is 0 Å². The molecule has 2 nitrogen and oxygen atoms in total. The molecule has 0 amide bonds. The third-order valence-corrected chi connectivity index (χ3v) is 2.18. The van der Waals surface area contributed by atoms with Gasteiger partial charge in [-0.05, 0) is 25.8 Å². The molecule has 0 aliphatic heterocycles. The van der Waals surface area contributed by atoms with E-state index in [0.717, 1.165) is 25.2 Å². The predicted molar refractivity (Wildman–Crippen MR) is 59.6 cm³/mol. The van der Waals surface area contributed by atoms with Gasteiger partial charge in [0, 0.05) is 12.2 Å². The quantitative estimate of drug-likeness (QED) is 0.540. The first kappa shape index (κ1) is 12.5. The maximum Gasteiger partial charge on any atom is 0.0143 e. The molecule has 0 unspecified atom stereocenters. The van der Waals surface area contributed by atoms with Crippen LogP contribution in [0.25, 0.3) is 0 Å². The Kier molecular flexibility index (Phi) is 9.22. The highest BCUT2D eigenvalue weighted by Gasteiger charge is 1.90. The molecule has 0 aliphatic carbocycles. The van der Waals surface area contributed by atoms with Gasteiger partial charge in [0.25, 0.3) is 0 Å². The summed E-state index contributed by atoms with van der Waals surface area (Å²) in [6.07, 6.45) is 7.37. The first-order valence-corrected chi connectivity index (χ1v) is 5.43. The lowest BCUT2D eigenvalue weighted by molar-refractivity contribution is 0.598. The van der Waals surface area contributed by atoms with E-state index in [1.54, 1.807) is 0 Å². The Bertz CT molecular complexity index is 121. The summed E-state index contributed by atoms with van der Waals surface area (Å²) in [5.74, 6) is 0. The van der Waals surface area contributed by atoms with Crippen LogP contribution in [0.5, 0.6) is 0 Å². The molecular weight excluding hydrogens is 160 g/mol. The summed E-state index contributed by atoms with van der Waals surface area (Å²) in [7, 11) is 0. The number of hydrogen-bond acceptors (Lipinski definition) is 2. The van der Waals surface area contributed by atoms with Crippen molar-refractivity contribution in [1.82, 2.24) is 5.32 Å². The molecule has 0 aromatic heterocycles. The van der Waals surface area contributed by atoms with Gasteiger partial charge in [-0.25, -0.2) is 0 Å². The highest BCUT2D eigenvalue weighted by atomic mass is 14.9. The van der Waals surface area contributed by atoms with Crippen LogP contribution in [0.3, 0.4) is 0 Å². The lowest BCUT2D eigenvalue weighted by Gasteiger charge is -2.06. The van der Waals surface area contributed by atoms with Crippen LogP contribution in [0.15, 0.2) is 12.3 Å². The molecule has 0 rings (SSSR count). The van der Waals surface area contributed by atoms with Crippen molar-refractivity contribution in [2.24, 2.45) is 5.73 Å². The smallest absolute Gasteiger partial charge is 0.0143 e. The van der Waals surface area contributed by atoms with Crippen LogP contribution < -0.4 is 11.1 Å². The standard InChI is InChI=1S/C11H24N2/c1-3-11(2)13-10-8-6-4-5-7-9-12/h13H,2-10,12H2,1H3. The Labute approximate surface area is 82.6 Å². The molecule has 2 heteroatoms. The molecule has 78 valence electrons. The minimum absolute atomic E-state index is 0.838. The second kappa shape index (κ2) is 9.59. The Morgan fingerprint density at radius 2 is 1.77 bits per heavy atom. The maximum atomic E-state index is 5.40. The maximum absolute atomic E-state index is 5.40. The Morgan fingerprint density at radius 1 is 1.15 bits per heavy atom. The van der Waals surface area contributed by atoms with Gasteiger partial charge in [0.2, 0.25) is 0 Å². The molecule has 0 heterocycles. The van der Waals surface area contributed by atoms with E-state index in [2.05, 4.69) is 18.8 Å². The zero-order chi connectivity index (χ0) is 9.94. The van der Waals surface area contributed by atoms with Gasteiger partial charge in [-0.1, -0.05) is 32.8 Å². The van der Waals surface area contributed by atoms with Crippen molar-refractivity contribution in [1.29, 1.82) is 0 Å². The van der Waals surface area contributed by atoms with Crippen molar-refractivity contribution in [3.8, 4) is 0 Å². The van der Waals surface area contributed by atoms with Gasteiger partial charge < -0.3 is 11.1 Å². The highest BCUT2D eigenvalue weighted by Crippen LogP contribution is 2.01. The number of nitrogens with one attached hydrogen (secondary N) is 1. The van der Waals surface area contributed by atoms with E-state index in [0.29, 0.717) is 0 Å². The van der Waals surface area contributed by atoms with Crippen molar-refractivity contribution in [3.05, 3.63) is 12.3 Å². The summed E-state index contributed by atoms with van der Waals surface area (Å²) in [5.41, 5.74) is 6.56. The Hall–Kier alpha value is -0.500. The average Bonchev–Trinajstić information content (AvgIpc) is 2.16. The third kappa shape index (κ3) is 9.41. The number of nitrogens with two attached hydrogens (primary N) is 1. The predicted octanol–water partition coefficient (Wildman–Crippen LogP) is 2.41. The summed E-state index contributed by atoms with van der Waals surface area (Å²) in [6.45, 7) is 7.93. The molecule has 0 radical (unpaired) electrons. The first-order valence-electron chi connectivity index (χ1n) is 5.43. The number of rotatable bonds is 9. The minimum atomic E-state index is 0.838. The van der Waals surface area contributed by atoms with Crippen LogP contribution in [0.1, 0.15) is 45.4 Å². The number of allylic oxidation sites excluding steroid dienone is 1. The first-order chi connectivity index (χ1) is 6.31. The molecule has 0 aliphatic rings. The van der Waals surface area contributed by atoms with Crippen LogP contribution >= 0.6 is 0 Å². The average molecular weight is 184 g/mol. The molecule has 0 fully saturated rings. The van der Waals surface area contributed by atoms with Crippen LogP contribution in [0.2, 0.25) is 0 Å². The van der Waals surface area contributed by atoms with Crippen molar-refractivity contribution < 1.29 is 0 Å². The van der Waals surface area contributed by atoms with Crippen molar-refractivity contribution in [2.45, 2.75) is 45.4 Å². The molecule has 0 atom stereocenters. The van der Waals surface area contributed by atoms with Crippen molar-refractivity contribution in [2.75, 3.05) is 13.1 Å². The monoisotopic (exact) mass is 184 g/mol. The van der Waals surface area contributed by atoms with Gasteiger partial charge >= 0.3 is 0 Å². The fraction of sp³-hybridized carbons (Fsp3) is 0.818. The molecule has 13 heavy (non-hydrogen) atoms. The van der Waals surface area contributed by atoms with E-state index < -0.39 is 0 Å². The zero-order valence-electron chi connectivity index (χ0n) is 8.94. The molecule has 0 spiro atoms. The lowest BCUT2D eigenvalue weighted by atomic mass is 10.1. The zero-order valence-corrected chi connectivity index (χ0v) is 8.94. The normalized spacial score (nSPS) is 10.0. The molecule has 3 N–H and O–H groups in total. The number of hydrogen-bond donors (Lipinski definition) is 2. The summed E-state index contributed by atoms with van der Waals surface area (Å²) in [6, 6.07) is 0. The van der Waals surface area contributed by atoms with Crippen molar-refractivity contribution in [3.63, 3.8) is 0 Å². The van der Waals surface area contributed by atoms with Crippen LogP contribution in [0, 0.1) is 0 Å². The Balaban J connectivity index is 2.95. The molecule has 0 bridgehead atoms. The van der Waals surface area contributed by atoms with Crippen LogP contribution in [0.4, 0.5) is 0 Å². The van der Waals surface area contributed by atoms with Crippen LogP contribution in [-0.4, -0.2) is 13.1 Å². The van der Waals surface area contributed by atoms with E-state index in [9.17, 15) is 0 Å². The lowest BCUT2D eigenvalue weighted by Crippen LogP contribution is -2.13. The molecule has 0 saturated heterocycles. The molecule has 0 saturated carbocycles. The fourth-order valence-corrected chi connectivity index (χ4v) is 1.19. The second-order valence-corrected chi connectivity index (χ2v) is 3.44. The summed E-state index contributed by atoms with van der Waals surface area (Å²) in [4.78, 5) is 0. The third-order valence-electron chi connectivity index (χ3n) is 2.18. The van der Waals surface area contributed by atoms with E-state index in [1.807, 2.05) is 0 Å². The number of unbranched alkanes of at least 4 members (excludes halogenated alkanes) is 4. The van der Waals surface area contributed by atoms with Gasteiger partial charge in [-0.2, -0.15) is 0 Å². The molecule has 0 aromatic rings. The topological polar surface area (TPSA) is 38.0 Å². The van der Waals surface area contributed by atoms with Crippen molar-refractivity contribution >= 4 is 0 Å². The summed E-state index contributed by atoms with van der Waals surface area (Å²) < 4.78 is 0. The summed E-state index contributed by atoms with van der Waals surface area (Å²) >= 11 is 0. The largest absolute Gasteiger partial charge is 0.389 e. The highest BCUT2D eigenvalue weighted by molar-refractivity contribution is 4.88. The van der Waals surface area contributed by atoms with Crippen LogP contribution in [-0.2, 0) is 0 Å². The minimum Gasteiger partial charge on any atom is -0.389 e. The van der Waals surface area contributed by atoms with E-state index in [-0.39, 0.29) is 0 Å². The molecule has 0 aromatic carbocycles. The van der Waals surface area contributed by atoms with E-state index in [4.69, 9.17) is 5.73 Å². The van der Waals surface area contributed by atoms with Gasteiger partial charge in [0.1, 0.15) is 0 Å². The summed E-state index contributed by atoms with van der Waals surface area (Å²) in [5, 5.41) is 3.30. The second-order valence-electron chi connectivity index (χ2n) is 3.44. The van der Waals surface area contributed by atoms with Gasteiger partial charge in [-0.3, -0.25) is 0 Å². The van der Waals surface area contributed by atoms with Gasteiger partial charge in [0.05, 0.1) is 0 Å². The van der Waals surface area contributed by atoms with Gasteiger partial charge in [0.15, 0.2) is 0 Å². The fourth-order valence-electron chi connectivity index (χ4n) is 1.19. The molecular formula is C11H24N2. The van der Waals surface area contributed by atoms with E-state index >= 15 is 0 Å². The Morgan fingerprint density at radius 3 is 2.38 bits per heavy atom. The van der Waals surface area contributed by atoms with E-state index in [1.165, 1.54) is 32.1 Å².